The van der Waals surface area contributed by atoms with Crippen molar-refractivity contribution in [3.05, 3.63) is 48.2 Å². The van der Waals surface area contributed by atoms with Crippen LogP contribution in [0.5, 0.6) is 0 Å². The molecule has 2 aromatic rings. The Bertz CT molecular complexity index is 499. The summed E-state index contributed by atoms with van der Waals surface area (Å²) >= 11 is 0. The second kappa shape index (κ2) is 11.3. The molecular formula is C18H26ClNO2. The summed E-state index contributed by atoms with van der Waals surface area (Å²) in [7, 11) is 0. The number of benzene rings is 1. The lowest BCUT2D eigenvalue weighted by atomic mass is 10.2. The predicted octanol–water partition coefficient (Wildman–Crippen LogP) is 4.66. The van der Waals surface area contributed by atoms with Crippen LogP contribution in [0, 0.1) is 0 Å². The maximum Gasteiger partial charge on any atom is 0.134 e. The first-order valence-corrected chi connectivity index (χ1v) is 7.82. The Morgan fingerprint density at radius 2 is 1.77 bits per heavy atom. The van der Waals surface area contributed by atoms with Crippen molar-refractivity contribution in [2.75, 3.05) is 19.8 Å². The summed E-state index contributed by atoms with van der Waals surface area (Å²) in [6.07, 6.45) is 3.39. The Morgan fingerprint density at radius 1 is 1.00 bits per heavy atom. The first kappa shape index (κ1) is 18.8. The van der Waals surface area contributed by atoms with Crippen LogP contribution >= 0.6 is 12.4 Å². The molecule has 0 aliphatic carbocycles. The van der Waals surface area contributed by atoms with Crippen LogP contribution in [0.3, 0.4) is 0 Å². The molecule has 1 heterocycles. The van der Waals surface area contributed by atoms with Crippen LogP contribution in [0.25, 0.3) is 11.3 Å². The average molecular weight is 324 g/mol. The van der Waals surface area contributed by atoms with E-state index in [0.29, 0.717) is 0 Å². The molecule has 0 aliphatic heterocycles. The molecule has 0 saturated carbocycles. The normalized spacial score (nSPS) is 10.4. The van der Waals surface area contributed by atoms with Gasteiger partial charge in [-0.2, -0.15) is 0 Å². The van der Waals surface area contributed by atoms with E-state index in [9.17, 15) is 0 Å². The molecule has 0 fully saturated rings. The fourth-order valence-corrected chi connectivity index (χ4v) is 2.09. The van der Waals surface area contributed by atoms with E-state index in [1.165, 1.54) is 6.42 Å². The number of hydrogen-bond acceptors (Lipinski definition) is 3. The Labute approximate surface area is 139 Å². The van der Waals surface area contributed by atoms with Crippen molar-refractivity contribution in [3.8, 4) is 11.3 Å². The molecule has 1 aromatic carbocycles. The SMILES string of the molecule is CCCCOCCCNCc1ccc(-c2ccccc2)o1.Cl. The maximum absolute atomic E-state index is 5.84. The standard InChI is InChI=1S/C18H25NO2.ClH/c1-2-3-13-20-14-7-12-19-15-17-10-11-18(21-17)16-8-5-4-6-9-16;/h4-6,8-11,19H,2-3,7,12-15H2,1H3;1H. The monoisotopic (exact) mass is 323 g/mol. The van der Waals surface area contributed by atoms with E-state index in [-0.39, 0.29) is 12.4 Å². The van der Waals surface area contributed by atoms with Gasteiger partial charge in [0.15, 0.2) is 0 Å². The van der Waals surface area contributed by atoms with Crippen molar-refractivity contribution < 1.29 is 9.15 Å². The zero-order valence-corrected chi connectivity index (χ0v) is 14.0. The van der Waals surface area contributed by atoms with Crippen molar-refractivity contribution in [2.24, 2.45) is 0 Å². The highest BCUT2D eigenvalue weighted by atomic mass is 35.5. The number of hydrogen-bond donors (Lipinski definition) is 1. The van der Waals surface area contributed by atoms with Crippen LogP contribution in [0.2, 0.25) is 0 Å². The van der Waals surface area contributed by atoms with Crippen molar-refractivity contribution in [3.63, 3.8) is 0 Å². The second-order valence-electron chi connectivity index (χ2n) is 5.13. The Hall–Kier alpha value is -1.29. The molecule has 0 unspecified atom stereocenters. The minimum Gasteiger partial charge on any atom is -0.460 e. The van der Waals surface area contributed by atoms with E-state index in [0.717, 1.165) is 56.2 Å². The van der Waals surface area contributed by atoms with E-state index in [4.69, 9.17) is 9.15 Å². The van der Waals surface area contributed by atoms with Crippen LogP contribution in [0.1, 0.15) is 31.9 Å². The molecule has 0 spiro atoms. The largest absolute Gasteiger partial charge is 0.460 e. The number of rotatable bonds is 10. The molecule has 4 heteroatoms. The van der Waals surface area contributed by atoms with Crippen LogP contribution < -0.4 is 5.32 Å². The summed E-state index contributed by atoms with van der Waals surface area (Å²) in [4.78, 5) is 0. The van der Waals surface area contributed by atoms with Gasteiger partial charge < -0.3 is 14.5 Å². The minimum absolute atomic E-state index is 0. The summed E-state index contributed by atoms with van der Waals surface area (Å²) in [6, 6.07) is 14.2. The topological polar surface area (TPSA) is 34.4 Å². The van der Waals surface area contributed by atoms with Crippen molar-refractivity contribution in [1.29, 1.82) is 0 Å². The van der Waals surface area contributed by atoms with E-state index < -0.39 is 0 Å². The smallest absolute Gasteiger partial charge is 0.134 e. The van der Waals surface area contributed by atoms with E-state index in [2.05, 4.69) is 24.4 Å². The number of furan rings is 1. The summed E-state index contributed by atoms with van der Waals surface area (Å²) in [6.45, 7) is 5.61. The first-order valence-electron chi connectivity index (χ1n) is 7.82. The quantitative estimate of drug-likeness (QED) is 0.645. The third kappa shape index (κ3) is 6.65. The molecule has 0 atom stereocenters. The van der Waals surface area contributed by atoms with Gasteiger partial charge in [-0.3, -0.25) is 0 Å². The molecule has 0 aliphatic rings. The van der Waals surface area contributed by atoms with Crippen LogP contribution in [0.15, 0.2) is 46.9 Å². The summed E-state index contributed by atoms with van der Waals surface area (Å²) < 4.78 is 11.4. The van der Waals surface area contributed by atoms with Crippen molar-refractivity contribution in [2.45, 2.75) is 32.7 Å². The Morgan fingerprint density at radius 3 is 2.55 bits per heavy atom. The number of halogens is 1. The molecule has 1 N–H and O–H groups in total. The molecular weight excluding hydrogens is 298 g/mol. The highest BCUT2D eigenvalue weighted by molar-refractivity contribution is 5.85. The van der Waals surface area contributed by atoms with Gasteiger partial charge in [0.05, 0.1) is 6.54 Å². The third-order valence-corrected chi connectivity index (χ3v) is 3.30. The molecule has 22 heavy (non-hydrogen) atoms. The van der Waals surface area contributed by atoms with Crippen molar-refractivity contribution >= 4 is 12.4 Å². The third-order valence-electron chi connectivity index (χ3n) is 3.30. The lowest BCUT2D eigenvalue weighted by molar-refractivity contribution is 0.128. The van der Waals surface area contributed by atoms with Crippen LogP contribution in [0.4, 0.5) is 0 Å². The zero-order valence-electron chi connectivity index (χ0n) is 13.2. The van der Waals surface area contributed by atoms with Gasteiger partial charge in [-0.1, -0.05) is 43.7 Å². The van der Waals surface area contributed by atoms with Gasteiger partial charge in [-0.15, -0.1) is 12.4 Å². The number of ether oxygens (including phenoxy) is 1. The lowest BCUT2D eigenvalue weighted by Gasteiger charge is -2.04. The van der Waals surface area contributed by atoms with Gasteiger partial charge in [-0.25, -0.2) is 0 Å². The molecule has 0 saturated heterocycles. The Kier molecular flexibility index (Phi) is 9.64. The number of nitrogens with one attached hydrogen (secondary N) is 1. The molecule has 0 amide bonds. The predicted molar refractivity (Wildman–Crippen MR) is 93.4 cm³/mol. The Balaban J connectivity index is 0.00000242. The highest BCUT2D eigenvalue weighted by Gasteiger charge is 2.03. The average Bonchev–Trinajstić information content (AvgIpc) is 3.00. The fourth-order valence-electron chi connectivity index (χ4n) is 2.09. The maximum atomic E-state index is 5.84. The van der Waals surface area contributed by atoms with Gasteiger partial charge in [-0.05, 0) is 31.5 Å². The second-order valence-corrected chi connectivity index (χ2v) is 5.13. The van der Waals surface area contributed by atoms with Gasteiger partial charge >= 0.3 is 0 Å². The van der Waals surface area contributed by atoms with Crippen molar-refractivity contribution in [1.82, 2.24) is 5.32 Å². The van der Waals surface area contributed by atoms with Crippen LogP contribution in [-0.4, -0.2) is 19.8 Å². The molecule has 3 nitrogen and oxygen atoms in total. The summed E-state index contributed by atoms with van der Waals surface area (Å²) in [5.74, 6) is 1.90. The highest BCUT2D eigenvalue weighted by Crippen LogP contribution is 2.21. The van der Waals surface area contributed by atoms with Crippen LogP contribution in [-0.2, 0) is 11.3 Å². The zero-order chi connectivity index (χ0) is 14.8. The van der Waals surface area contributed by atoms with Gasteiger partial charge in [0.2, 0.25) is 0 Å². The van der Waals surface area contributed by atoms with E-state index in [1.807, 2.05) is 30.3 Å². The van der Waals surface area contributed by atoms with Gasteiger partial charge in [0, 0.05) is 18.8 Å². The molecule has 0 radical (unpaired) electrons. The van der Waals surface area contributed by atoms with E-state index >= 15 is 0 Å². The minimum atomic E-state index is 0. The first-order chi connectivity index (χ1) is 10.4. The summed E-state index contributed by atoms with van der Waals surface area (Å²) in [5.41, 5.74) is 1.12. The van der Waals surface area contributed by atoms with E-state index in [1.54, 1.807) is 0 Å². The van der Waals surface area contributed by atoms with Gasteiger partial charge in [0.1, 0.15) is 11.5 Å². The molecule has 2 rings (SSSR count). The van der Waals surface area contributed by atoms with Gasteiger partial charge in [0.25, 0.3) is 0 Å². The molecule has 1 aromatic heterocycles. The number of unbranched alkanes of at least 4 members (excludes halogenated alkanes) is 1. The molecule has 0 bridgehead atoms. The molecule has 122 valence electrons. The lowest BCUT2D eigenvalue weighted by Crippen LogP contribution is -2.16. The fraction of sp³-hybridized carbons (Fsp3) is 0.444. The summed E-state index contributed by atoms with van der Waals surface area (Å²) in [5, 5.41) is 3.38.